The lowest BCUT2D eigenvalue weighted by atomic mass is 10.0. The molecule has 0 bridgehead atoms. The van der Waals surface area contributed by atoms with Crippen LogP contribution in [0.1, 0.15) is 42.7 Å². The summed E-state index contributed by atoms with van der Waals surface area (Å²) in [4.78, 5) is 21.1. The number of ketones is 1. The number of benzene rings is 1. The molecule has 0 saturated heterocycles. The first-order valence-corrected chi connectivity index (χ1v) is 8.71. The average molecular weight is 351 g/mol. The van der Waals surface area contributed by atoms with E-state index in [2.05, 4.69) is 28.5 Å². The summed E-state index contributed by atoms with van der Waals surface area (Å²) < 4.78 is 9.82. The highest BCUT2D eigenvalue weighted by Gasteiger charge is 2.23. The first-order valence-electron chi connectivity index (χ1n) is 8.71. The van der Waals surface area contributed by atoms with Gasteiger partial charge < -0.3 is 9.30 Å². The highest BCUT2D eigenvalue weighted by Crippen LogP contribution is 2.36. The van der Waals surface area contributed by atoms with E-state index in [4.69, 9.17) is 9.72 Å². The fraction of sp³-hybridized carbons (Fsp3) is 0.368. The van der Waals surface area contributed by atoms with Gasteiger partial charge in [0.05, 0.1) is 12.1 Å². The molecular weight excluding hydrogens is 330 g/mol. The van der Waals surface area contributed by atoms with E-state index in [1.165, 1.54) is 0 Å². The Bertz CT molecular complexity index is 1000. The van der Waals surface area contributed by atoms with E-state index in [0.717, 1.165) is 28.5 Å². The van der Waals surface area contributed by atoms with Crippen LogP contribution in [-0.4, -0.2) is 36.7 Å². The number of hydrogen-bond acceptors (Lipinski definition) is 5. The Morgan fingerprint density at radius 2 is 2.08 bits per heavy atom. The SMILES string of the molecule is CC(=O)c1cc2c(cc1C)-c1nc(-c3ncnn3C(C)C)cn1CCO2. The zero-order valence-corrected chi connectivity index (χ0v) is 15.4. The van der Waals surface area contributed by atoms with Gasteiger partial charge in [0.1, 0.15) is 30.2 Å². The smallest absolute Gasteiger partial charge is 0.178 e. The molecule has 0 N–H and O–H groups in total. The molecule has 0 atom stereocenters. The molecule has 0 radical (unpaired) electrons. The Morgan fingerprint density at radius 3 is 2.81 bits per heavy atom. The lowest BCUT2D eigenvalue weighted by Crippen LogP contribution is -2.06. The number of imidazole rings is 1. The quantitative estimate of drug-likeness (QED) is 0.677. The number of fused-ring (bicyclic) bond motifs is 3. The molecule has 4 rings (SSSR count). The molecule has 0 amide bonds. The number of nitrogens with zero attached hydrogens (tertiary/aromatic N) is 5. The molecular formula is C19H21N5O2. The van der Waals surface area contributed by atoms with E-state index in [0.29, 0.717) is 24.5 Å². The second kappa shape index (κ2) is 6.09. The van der Waals surface area contributed by atoms with Gasteiger partial charge in [-0.05, 0) is 45.4 Å². The van der Waals surface area contributed by atoms with Crippen molar-refractivity contribution in [3.63, 3.8) is 0 Å². The Morgan fingerprint density at radius 1 is 1.27 bits per heavy atom. The third-order valence-electron chi connectivity index (χ3n) is 4.60. The molecule has 26 heavy (non-hydrogen) atoms. The van der Waals surface area contributed by atoms with Gasteiger partial charge in [-0.25, -0.2) is 14.6 Å². The van der Waals surface area contributed by atoms with Gasteiger partial charge in [-0.3, -0.25) is 4.79 Å². The van der Waals surface area contributed by atoms with Gasteiger partial charge in [0.2, 0.25) is 0 Å². The maximum Gasteiger partial charge on any atom is 0.178 e. The minimum atomic E-state index is 0.0345. The molecule has 7 nitrogen and oxygen atoms in total. The van der Waals surface area contributed by atoms with E-state index in [9.17, 15) is 4.79 Å². The fourth-order valence-electron chi connectivity index (χ4n) is 3.34. The zero-order chi connectivity index (χ0) is 18.4. The van der Waals surface area contributed by atoms with Gasteiger partial charge in [-0.2, -0.15) is 5.10 Å². The molecule has 3 aromatic rings. The molecule has 1 aliphatic rings. The number of hydrogen-bond donors (Lipinski definition) is 0. The number of Topliss-reactive ketones (excluding diaryl/α,β-unsaturated/α-hetero) is 1. The number of ether oxygens (including phenoxy) is 1. The summed E-state index contributed by atoms with van der Waals surface area (Å²) in [5.74, 6) is 2.30. The standard InChI is InChI=1S/C19H21N5O2/c1-11(2)24-19(20-10-21-24)16-9-23-5-6-26-17-8-14(13(4)25)12(3)7-15(17)18(23)22-16/h7-11H,5-6H2,1-4H3. The van der Waals surface area contributed by atoms with E-state index < -0.39 is 0 Å². The number of aryl methyl sites for hydroxylation is 1. The Labute approximate surface area is 151 Å². The third-order valence-corrected chi connectivity index (χ3v) is 4.60. The maximum absolute atomic E-state index is 11.8. The van der Waals surface area contributed by atoms with Crippen molar-refractivity contribution in [1.82, 2.24) is 24.3 Å². The Hall–Kier alpha value is -2.96. The van der Waals surface area contributed by atoms with Crippen molar-refractivity contribution >= 4 is 5.78 Å². The fourth-order valence-corrected chi connectivity index (χ4v) is 3.34. The molecule has 0 unspecified atom stereocenters. The maximum atomic E-state index is 11.8. The van der Waals surface area contributed by atoms with Crippen LogP contribution in [0.2, 0.25) is 0 Å². The van der Waals surface area contributed by atoms with Crippen LogP contribution in [-0.2, 0) is 6.54 Å². The number of carbonyl (C=O) groups is 1. The predicted octanol–water partition coefficient (Wildman–Crippen LogP) is 3.29. The van der Waals surface area contributed by atoms with Crippen LogP contribution in [0.3, 0.4) is 0 Å². The minimum Gasteiger partial charge on any atom is -0.491 e. The summed E-state index contributed by atoms with van der Waals surface area (Å²) >= 11 is 0. The topological polar surface area (TPSA) is 74.8 Å². The van der Waals surface area contributed by atoms with Crippen LogP contribution in [0.5, 0.6) is 5.75 Å². The Balaban J connectivity index is 1.87. The second-order valence-corrected chi connectivity index (χ2v) is 6.83. The van der Waals surface area contributed by atoms with Crippen molar-refractivity contribution in [2.75, 3.05) is 6.61 Å². The van der Waals surface area contributed by atoms with Crippen molar-refractivity contribution in [2.24, 2.45) is 0 Å². The van der Waals surface area contributed by atoms with Crippen LogP contribution >= 0.6 is 0 Å². The lowest BCUT2D eigenvalue weighted by Gasteiger charge is -2.10. The molecule has 1 aromatic carbocycles. The highest BCUT2D eigenvalue weighted by atomic mass is 16.5. The molecule has 0 saturated carbocycles. The number of rotatable bonds is 3. The van der Waals surface area contributed by atoms with Crippen molar-refractivity contribution in [3.8, 4) is 28.7 Å². The van der Waals surface area contributed by atoms with Crippen LogP contribution in [0.25, 0.3) is 22.9 Å². The summed E-state index contributed by atoms with van der Waals surface area (Å²) in [7, 11) is 0. The minimum absolute atomic E-state index is 0.0345. The zero-order valence-electron chi connectivity index (χ0n) is 15.4. The summed E-state index contributed by atoms with van der Waals surface area (Å²) in [6.07, 6.45) is 3.55. The molecule has 134 valence electrons. The van der Waals surface area contributed by atoms with Gasteiger partial charge in [0.25, 0.3) is 0 Å². The normalized spacial score (nSPS) is 13.1. The molecule has 7 heteroatoms. The van der Waals surface area contributed by atoms with Gasteiger partial charge >= 0.3 is 0 Å². The van der Waals surface area contributed by atoms with Gasteiger partial charge in [-0.1, -0.05) is 0 Å². The summed E-state index contributed by atoms with van der Waals surface area (Å²) in [5, 5.41) is 4.30. The monoisotopic (exact) mass is 351 g/mol. The van der Waals surface area contributed by atoms with Gasteiger partial charge in [0.15, 0.2) is 11.6 Å². The highest BCUT2D eigenvalue weighted by molar-refractivity contribution is 5.97. The first-order chi connectivity index (χ1) is 12.5. The summed E-state index contributed by atoms with van der Waals surface area (Å²) in [5.41, 5.74) is 3.28. The van der Waals surface area contributed by atoms with E-state index >= 15 is 0 Å². The van der Waals surface area contributed by atoms with E-state index in [1.807, 2.05) is 29.9 Å². The van der Waals surface area contributed by atoms with Crippen LogP contribution in [0.4, 0.5) is 0 Å². The molecule has 2 aromatic heterocycles. The average Bonchev–Trinajstić information content (AvgIpc) is 3.19. The van der Waals surface area contributed by atoms with E-state index in [1.54, 1.807) is 13.3 Å². The number of carbonyl (C=O) groups excluding carboxylic acids is 1. The molecule has 1 aliphatic heterocycles. The van der Waals surface area contributed by atoms with Crippen molar-refractivity contribution in [1.29, 1.82) is 0 Å². The Kier molecular flexibility index (Phi) is 3.86. The van der Waals surface area contributed by atoms with E-state index in [-0.39, 0.29) is 11.8 Å². The number of aromatic nitrogens is 5. The van der Waals surface area contributed by atoms with Crippen LogP contribution in [0, 0.1) is 6.92 Å². The lowest BCUT2D eigenvalue weighted by molar-refractivity contribution is 0.101. The molecule has 0 spiro atoms. The molecule has 3 heterocycles. The largest absolute Gasteiger partial charge is 0.491 e. The van der Waals surface area contributed by atoms with Crippen LogP contribution in [0.15, 0.2) is 24.7 Å². The second-order valence-electron chi connectivity index (χ2n) is 6.83. The first kappa shape index (κ1) is 16.5. The molecule has 0 aliphatic carbocycles. The van der Waals surface area contributed by atoms with Gasteiger partial charge in [-0.15, -0.1) is 0 Å². The summed E-state index contributed by atoms with van der Waals surface area (Å²) in [6.45, 7) is 8.84. The van der Waals surface area contributed by atoms with Crippen molar-refractivity contribution < 1.29 is 9.53 Å². The predicted molar refractivity (Wildman–Crippen MR) is 97.3 cm³/mol. The van der Waals surface area contributed by atoms with Gasteiger partial charge in [0, 0.05) is 17.8 Å². The summed E-state index contributed by atoms with van der Waals surface area (Å²) in [6, 6.07) is 4.01. The van der Waals surface area contributed by atoms with Crippen molar-refractivity contribution in [2.45, 2.75) is 40.3 Å². The molecule has 0 fully saturated rings. The van der Waals surface area contributed by atoms with Crippen molar-refractivity contribution in [3.05, 3.63) is 35.8 Å². The van der Waals surface area contributed by atoms with Crippen LogP contribution < -0.4 is 4.74 Å². The third kappa shape index (κ3) is 2.60.